The minimum absolute atomic E-state index is 0.179. The van der Waals surface area contributed by atoms with Crippen LogP contribution in [0.2, 0.25) is 5.02 Å². The van der Waals surface area contributed by atoms with E-state index in [2.05, 4.69) is 6.07 Å². The van der Waals surface area contributed by atoms with Crippen LogP contribution in [0.25, 0.3) is 6.08 Å². The molecule has 4 rings (SSSR count). The number of amides is 2. The van der Waals surface area contributed by atoms with Crippen LogP contribution < -0.4 is 9.47 Å². The van der Waals surface area contributed by atoms with Crippen LogP contribution in [0.1, 0.15) is 29.2 Å². The average molecular weight is 494 g/mol. The van der Waals surface area contributed by atoms with E-state index in [1.165, 1.54) is 10.5 Å². The second kappa shape index (κ2) is 10.8. The molecule has 0 atom stereocenters. The van der Waals surface area contributed by atoms with Gasteiger partial charge < -0.3 is 9.47 Å². The number of halogens is 1. The van der Waals surface area contributed by atoms with Crippen LogP contribution in [-0.2, 0) is 17.9 Å². The number of ether oxygens (including phenoxy) is 2. The molecule has 0 bridgehead atoms. The first-order valence-corrected chi connectivity index (χ1v) is 12.1. The van der Waals surface area contributed by atoms with Gasteiger partial charge in [0.2, 0.25) is 0 Å². The molecule has 1 fully saturated rings. The molecule has 1 aliphatic heterocycles. The summed E-state index contributed by atoms with van der Waals surface area (Å²) in [5.41, 5.74) is 3.79. The normalized spacial score (nSPS) is 14.7. The number of carbonyl (C=O) groups excluding carboxylic acids is 2. The Bertz CT molecular complexity index is 1260. The lowest BCUT2D eigenvalue weighted by atomic mass is 10.1. The average Bonchev–Trinajstić information content (AvgIpc) is 3.06. The van der Waals surface area contributed by atoms with Crippen molar-refractivity contribution in [2.24, 2.45) is 0 Å². The highest BCUT2D eigenvalue weighted by molar-refractivity contribution is 8.18. The van der Waals surface area contributed by atoms with Gasteiger partial charge in [-0.05, 0) is 72.6 Å². The minimum atomic E-state index is -0.326. The first kappa shape index (κ1) is 23.9. The maximum Gasteiger partial charge on any atom is 0.293 e. The first-order valence-electron chi connectivity index (χ1n) is 10.9. The van der Waals surface area contributed by atoms with Gasteiger partial charge in [0.15, 0.2) is 11.5 Å². The van der Waals surface area contributed by atoms with Crippen LogP contribution in [-0.4, -0.2) is 22.7 Å². The molecule has 1 saturated heterocycles. The van der Waals surface area contributed by atoms with Crippen LogP contribution in [0, 0.1) is 6.92 Å². The van der Waals surface area contributed by atoms with Crippen molar-refractivity contribution < 1.29 is 19.1 Å². The molecule has 3 aromatic carbocycles. The third kappa shape index (κ3) is 5.82. The van der Waals surface area contributed by atoms with Crippen LogP contribution in [0.15, 0.2) is 71.6 Å². The van der Waals surface area contributed by atoms with E-state index in [1.54, 1.807) is 24.3 Å². The van der Waals surface area contributed by atoms with E-state index in [9.17, 15) is 9.59 Å². The molecular formula is C27H24ClNO4S. The summed E-state index contributed by atoms with van der Waals surface area (Å²) in [7, 11) is 0. The van der Waals surface area contributed by atoms with Crippen molar-refractivity contribution in [3.8, 4) is 11.5 Å². The molecule has 1 heterocycles. The summed E-state index contributed by atoms with van der Waals surface area (Å²) in [6.45, 7) is 5.02. The van der Waals surface area contributed by atoms with E-state index in [-0.39, 0.29) is 17.7 Å². The van der Waals surface area contributed by atoms with Gasteiger partial charge in [-0.15, -0.1) is 0 Å². The minimum Gasteiger partial charge on any atom is -0.490 e. The number of hydrogen-bond donors (Lipinski definition) is 0. The zero-order chi connectivity index (χ0) is 24.1. The van der Waals surface area contributed by atoms with Crippen molar-refractivity contribution in [1.29, 1.82) is 0 Å². The maximum absolute atomic E-state index is 12.9. The lowest BCUT2D eigenvalue weighted by Crippen LogP contribution is -2.27. The third-order valence-electron chi connectivity index (χ3n) is 5.15. The Morgan fingerprint density at radius 1 is 0.941 bits per heavy atom. The highest BCUT2D eigenvalue weighted by atomic mass is 35.5. The van der Waals surface area contributed by atoms with Gasteiger partial charge in [-0.25, -0.2) is 0 Å². The zero-order valence-electron chi connectivity index (χ0n) is 18.9. The molecule has 2 amide bonds. The lowest BCUT2D eigenvalue weighted by molar-refractivity contribution is -0.123. The lowest BCUT2D eigenvalue weighted by Gasteiger charge is -2.13. The second-order valence-corrected chi connectivity index (χ2v) is 9.24. The summed E-state index contributed by atoms with van der Waals surface area (Å²) < 4.78 is 11.8. The highest BCUT2D eigenvalue weighted by Crippen LogP contribution is 2.35. The van der Waals surface area contributed by atoms with Crippen LogP contribution in [0.4, 0.5) is 4.79 Å². The van der Waals surface area contributed by atoms with Gasteiger partial charge in [0.05, 0.1) is 18.1 Å². The SMILES string of the molecule is CCOc1cc(/C=C2\SC(=O)N(Cc3cccc(Cl)c3)C2=O)ccc1OCc1cccc(C)c1. The Morgan fingerprint density at radius 3 is 2.50 bits per heavy atom. The fourth-order valence-corrected chi connectivity index (χ4v) is 4.62. The maximum atomic E-state index is 12.9. The van der Waals surface area contributed by atoms with Crippen molar-refractivity contribution in [3.05, 3.63) is 98.9 Å². The largest absolute Gasteiger partial charge is 0.490 e. The molecule has 0 N–H and O–H groups in total. The summed E-state index contributed by atoms with van der Waals surface area (Å²) in [5.74, 6) is 0.879. The van der Waals surface area contributed by atoms with Crippen molar-refractivity contribution >= 4 is 40.6 Å². The fourth-order valence-electron chi connectivity index (χ4n) is 3.57. The number of thioether (sulfide) groups is 1. The van der Waals surface area contributed by atoms with Gasteiger partial charge in [0.25, 0.3) is 11.1 Å². The van der Waals surface area contributed by atoms with E-state index in [0.717, 1.165) is 28.5 Å². The molecule has 7 heteroatoms. The summed E-state index contributed by atoms with van der Waals surface area (Å²) in [5, 5.41) is 0.257. The Kier molecular flexibility index (Phi) is 7.60. The monoisotopic (exact) mass is 493 g/mol. The summed E-state index contributed by atoms with van der Waals surface area (Å²) in [4.78, 5) is 27.0. The van der Waals surface area contributed by atoms with Gasteiger partial charge in [0.1, 0.15) is 6.61 Å². The van der Waals surface area contributed by atoms with Gasteiger partial charge in [-0.3, -0.25) is 14.5 Å². The van der Waals surface area contributed by atoms with Gasteiger partial charge in [-0.1, -0.05) is 59.6 Å². The van der Waals surface area contributed by atoms with Gasteiger partial charge in [0, 0.05) is 5.02 Å². The van der Waals surface area contributed by atoms with Gasteiger partial charge >= 0.3 is 0 Å². The number of carbonyl (C=O) groups is 2. The Labute approximate surface area is 208 Å². The Morgan fingerprint density at radius 2 is 1.74 bits per heavy atom. The fraction of sp³-hybridized carbons (Fsp3) is 0.185. The molecule has 0 unspecified atom stereocenters. The van der Waals surface area contributed by atoms with E-state index in [4.69, 9.17) is 21.1 Å². The van der Waals surface area contributed by atoms with E-state index in [0.29, 0.717) is 34.6 Å². The van der Waals surface area contributed by atoms with Crippen molar-refractivity contribution in [2.45, 2.75) is 27.0 Å². The standard InChI is InChI=1S/C27H24ClNO4S/c1-3-32-24-14-19(10-11-23(24)33-17-21-8-4-6-18(2)12-21)15-25-26(30)29(27(31)34-25)16-20-7-5-9-22(28)13-20/h4-15H,3,16-17H2,1-2H3/b25-15-. The van der Waals surface area contributed by atoms with E-state index in [1.807, 2.05) is 56.3 Å². The van der Waals surface area contributed by atoms with Crippen molar-refractivity contribution in [1.82, 2.24) is 4.90 Å². The number of hydrogen-bond acceptors (Lipinski definition) is 5. The van der Waals surface area contributed by atoms with Crippen molar-refractivity contribution in [3.63, 3.8) is 0 Å². The number of aryl methyl sites for hydroxylation is 1. The number of imide groups is 1. The zero-order valence-corrected chi connectivity index (χ0v) is 20.5. The summed E-state index contributed by atoms with van der Waals surface area (Å²) in [6.07, 6.45) is 1.70. The van der Waals surface area contributed by atoms with E-state index >= 15 is 0 Å². The van der Waals surface area contributed by atoms with Crippen LogP contribution in [0.3, 0.4) is 0 Å². The highest BCUT2D eigenvalue weighted by Gasteiger charge is 2.35. The molecule has 3 aromatic rings. The Hall–Kier alpha value is -3.22. The smallest absolute Gasteiger partial charge is 0.293 e. The molecule has 0 aliphatic carbocycles. The number of nitrogens with zero attached hydrogens (tertiary/aromatic N) is 1. The molecular weight excluding hydrogens is 470 g/mol. The molecule has 1 aliphatic rings. The summed E-state index contributed by atoms with van der Waals surface area (Å²) >= 11 is 6.96. The van der Waals surface area contributed by atoms with Crippen LogP contribution in [0.5, 0.6) is 11.5 Å². The van der Waals surface area contributed by atoms with Crippen LogP contribution >= 0.6 is 23.4 Å². The molecule has 0 radical (unpaired) electrons. The topological polar surface area (TPSA) is 55.8 Å². The predicted octanol–water partition coefficient (Wildman–Crippen LogP) is 6.86. The van der Waals surface area contributed by atoms with E-state index < -0.39 is 0 Å². The molecule has 174 valence electrons. The third-order valence-corrected chi connectivity index (χ3v) is 6.29. The predicted molar refractivity (Wildman–Crippen MR) is 136 cm³/mol. The Balaban J connectivity index is 1.51. The number of rotatable bonds is 8. The molecule has 0 aromatic heterocycles. The number of benzene rings is 3. The van der Waals surface area contributed by atoms with Crippen molar-refractivity contribution in [2.75, 3.05) is 6.61 Å². The molecule has 5 nitrogen and oxygen atoms in total. The summed E-state index contributed by atoms with van der Waals surface area (Å²) in [6, 6.07) is 20.8. The molecule has 34 heavy (non-hydrogen) atoms. The molecule has 0 saturated carbocycles. The quantitative estimate of drug-likeness (QED) is 0.321. The second-order valence-electron chi connectivity index (χ2n) is 7.81. The van der Waals surface area contributed by atoms with Gasteiger partial charge in [-0.2, -0.15) is 0 Å². The molecule has 0 spiro atoms. The first-order chi connectivity index (χ1) is 16.4.